The van der Waals surface area contributed by atoms with Crippen LogP contribution in [0.1, 0.15) is 30.9 Å². The Hall–Kier alpha value is -2.41. The quantitative estimate of drug-likeness (QED) is 0.752. The maximum Gasteiger partial charge on any atom is 0.249 e. The minimum absolute atomic E-state index is 0.266. The molecule has 0 saturated carbocycles. The number of anilines is 1. The maximum absolute atomic E-state index is 14.7. The van der Waals surface area contributed by atoms with Gasteiger partial charge in [-0.3, -0.25) is 14.9 Å². The molecule has 0 spiro atoms. The average Bonchev–Trinajstić information content (AvgIpc) is 2.95. The molecule has 1 aromatic carbocycles. The van der Waals surface area contributed by atoms with E-state index < -0.39 is 6.04 Å². The molecule has 2 N–H and O–H groups in total. The summed E-state index contributed by atoms with van der Waals surface area (Å²) in [5, 5.41) is 5.50. The molecule has 0 bridgehead atoms. The normalized spacial score (nSPS) is 17.8. The van der Waals surface area contributed by atoms with Gasteiger partial charge in [0.25, 0.3) is 0 Å². The summed E-state index contributed by atoms with van der Waals surface area (Å²) in [6.07, 6.45) is 1.79. The van der Waals surface area contributed by atoms with Gasteiger partial charge in [-0.25, -0.2) is 4.39 Å². The van der Waals surface area contributed by atoms with E-state index in [4.69, 9.17) is 0 Å². The van der Waals surface area contributed by atoms with Crippen LogP contribution >= 0.6 is 0 Å². The Morgan fingerprint density at radius 3 is 2.81 bits per heavy atom. The van der Waals surface area contributed by atoms with Gasteiger partial charge in [0, 0.05) is 44.0 Å². The topological polar surface area (TPSA) is 64.7 Å². The molecule has 7 heteroatoms. The molecular formula is C19H25FN4O2. The lowest BCUT2D eigenvalue weighted by atomic mass is 10.1. The van der Waals surface area contributed by atoms with Crippen molar-refractivity contribution in [1.82, 2.24) is 15.5 Å². The SMILES string of the molecule is C=C1c2cc(F)c(N3CCNCC3)cc2CN1C(CCC)C(=O)NC=O. The zero-order valence-corrected chi connectivity index (χ0v) is 15.1. The average molecular weight is 360 g/mol. The van der Waals surface area contributed by atoms with Gasteiger partial charge >= 0.3 is 0 Å². The number of imide groups is 1. The molecule has 0 aliphatic carbocycles. The van der Waals surface area contributed by atoms with Crippen molar-refractivity contribution in [2.24, 2.45) is 0 Å². The molecule has 1 aromatic rings. The summed E-state index contributed by atoms with van der Waals surface area (Å²) in [4.78, 5) is 26.9. The van der Waals surface area contributed by atoms with E-state index >= 15 is 0 Å². The molecule has 1 saturated heterocycles. The third-order valence-electron chi connectivity index (χ3n) is 5.07. The largest absolute Gasteiger partial charge is 0.367 e. The van der Waals surface area contributed by atoms with Crippen molar-refractivity contribution >= 4 is 23.7 Å². The molecule has 1 atom stereocenters. The molecule has 2 amide bonds. The van der Waals surface area contributed by atoms with Gasteiger partial charge in [0.15, 0.2) is 0 Å². The van der Waals surface area contributed by atoms with Crippen molar-refractivity contribution in [3.63, 3.8) is 0 Å². The van der Waals surface area contributed by atoms with Crippen LogP contribution in [0.15, 0.2) is 18.7 Å². The van der Waals surface area contributed by atoms with Crippen molar-refractivity contribution in [2.75, 3.05) is 31.1 Å². The van der Waals surface area contributed by atoms with Gasteiger partial charge in [0.2, 0.25) is 12.3 Å². The number of halogens is 1. The molecule has 140 valence electrons. The molecule has 3 rings (SSSR count). The van der Waals surface area contributed by atoms with E-state index in [0.29, 0.717) is 30.8 Å². The van der Waals surface area contributed by atoms with Crippen molar-refractivity contribution in [3.05, 3.63) is 35.7 Å². The standard InChI is InChI=1S/C19H25FN4O2/c1-3-4-17(19(26)22-12-25)24-11-14-9-18(23-7-5-21-6-8-23)16(20)10-15(14)13(24)2/h9-10,12,17,21H,2-8,11H2,1H3,(H,22,25,26). The van der Waals surface area contributed by atoms with Crippen LogP contribution in [0, 0.1) is 5.82 Å². The summed E-state index contributed by atoms with van der Waals surface area (Å²) in [6.45, 7) is 9.74. The van der Waals surface area contributed by atoms with E-state index in [2.05, 4.69) is 17.2 Å². The summed E-state index contributed by atoms with van der Waals surface area (Å²) in [5.74, 6) is -0.614. The van der Waals surface area contributed by atoms with Crippen LogP contribution in [-0.4, -0.2) is 49.4 Å². The van der Waals surface area contributed by atoms with Crippen LogP contribution in [0.5, 0.6) is 0 Å². The second-order valence-electron chi connectivity index (χ2n) is 6.70. The Morgan fingerprint density at radius 1 is 1.42 bits per heavy atom. The van der Waals surface area contributed by atoms with Gasteiger partial charge in [-0.1, -0.05) is 19.9 Å². The molecule has 26 heavy (non-hydrogen) atoms. The summed E-state index contributed by atoms with van der Waals surface area (Å²) in [7, 11) is 0. The number of benzene rings is 1. The van der Waals surface area contributed by atoms with Crippen molar-refractivity contribution in [2.45, 2.75) is 32.4 Å². The highest BCUT2D eigenvalue weighted by molar-refractivity contribution is 5.91. The fourth-order valence-electron chi connectivity index (χ4n) is 3.74. The molecule has 2 aliphatic heterocycles. The molecule has 1 unspecified atom stereocenters. The highest BCUT2D eigenvalue weighted by atomic mass is 19.1. The van der Waals surface area contributed by atoms with Gasteiger partial charge in [-0.15, -0.1) is 0 Å². The molecule has 6 nitrogen and oxygen atoms in total. The third kappa shape index (κ3) is 3.44. The number of piperazine rings is 1. The van der Waals surface area contributed by atoms with Crippen LogP contribution in [0.2, 0.25) is 0 Å². The fraction of sp³-hybridized carbons (Fsp3) is 0.474. The highest BCUT2D eigenvalue weighted by Crippen LogP contribution is 2.37. The van der Waals surface area contributed by atoms with Gasteiger partial charge in [0.05, 0.1) is 5.69 Å². The van der Waals surface area contributed by atoms with Crippen molar-refractivity contribution in [1.29, 1.82) is 0 Å². The first-order valence-electron chi connectivity index (χ1n) is 9.04. The van der Waals surface area contributed by atoms with Crippen LogP contribution < -0.4 is 15.5 Å². The Labute approximate surface area is 153 Å². The lowest BCUT2D eigenvalue weighted by Crippen LogP contribution is -2.44. The first-order chi connectivity index (χ1) is 12.6. The summed E-state index contributed by atoms with van der Waals surface area (Å²) < 4.78 is 14.7. The zero-order valence-electron chi connectivity index (χ0n) is 15.1. The number of fused-ring (bicyclic) bond motifs is 1. The minimum atomic E-state index is -0.490. The van der Waals surface area contributed by atoms with Gasteiger partial charge in [0.1, 0.15) is 11.9 Å². The van der Waals surface area contributed by atoms with E-state index in [0.717, 1.165) is 43.7 Å². The number of hydrogen-bond acceptors (Lipinski definition) is 5. The van der Waals surface area contributed by atoms with Crippen LogP contribution in [0.3, 0.4) is 0 Å². The number of nitrogens with zero attached hydrogens (tertiary/aromatic N) is 2. The first-order valence-corrected chi connectivity index (χ1v) is 9.04. The zero-order chi connectivity index (χ0) is 18.7. The summed E-state index contributed by atoms with van der Waals surface area (Å²) in [6, 6.07) is 2.91. The van der Waals surface area contributed by atoms with Crippen molar-refractivity contribution < 1.29 is 14.0 Å². The Balaban J connectivity index is 1.87. The maximum atomic E-state index is 14.7. The van der Waals surface area contributed by atoms with E-state index in [1.54, 1.807) is 0 Å². The van der Waals surface area contributed by atoms with Crippen molar-refractivity contribution in [3.8, 4) is 0 Å². The highest BCUT2D eigenvalue weighted by Gasteiger charge is 2.33. The molecular weight excluding hydrogens is 335 g/mol. The van der Waals surface area contributed by atoms with E-state index in [9.17, 15) is 14.0 Å². The summed E-state index contributed by atoms with van der Waals surface area (Å²) in [5.41, 5.74) is 2.93. The van der Waals surface area contributed by atoms with Gasteiger partial charge < -0.3 is 15.1 Å². The number of nitrogens with one attached hydrogen (secondary N) is 2. The monoisotopic (exact) mass is 360 g/mol. The van der Waals surface area contributed by atoms with Crippen LogP contribution in [0.4, 0.5) is 10.1 Å². The van der Waals surface area contributed by atoms with Crippen LogP contribution in [-0.2, 0) is 16.1 Å². The van der Waals surface area contributed by atoms with E-state index in [1.807, 2.05) is 22.8 Å². The minimum Gasteiger partial charge on any atom is -0.367 e. The smallest absolute Gasteiger partial charge is 0.249 e. The first kappa shape index (κ1) is 18.4. The van der Waals surface area contributed by atoms with E-state index in [1.165, 1.54) is 6.07 Å². The molecule has 2 aliphatic rings. The lowest BCUT2D eigenvalue weighted by Gasteiger charge is -2.30. The van der Waals surface area contributed by atoms with E-state index in [-0.39, 0.29) is 11.7 Å². The molecule has 1 fully saturated rings. The Bertz CT molecular complexity index is 716. The van der Waals surface area contributed by atoms with Gasteiger partial charge in [-0.2, -0.15) is 0 Å². The summed E-state index contributed by atoms with van der Waals surface area (Å²) >= 11 is 0. The molecule has 0 aromatic heterocycles. The number of rotatable bonds is 6. The number of carbonyl (C=O) groups excluding carboxylic acids is 2. The third-order valence-corrected chi connectivity index (χ3v) is 5.07. The van der Waals surface area contributed by atoms with Gasteiger partial charge in [-0.05, 0) is 24.1 Å². The lowest BCUT2D eigenvalue weighted by molar-refractivity contribution is -0.128. The second-order valence-corrected chi connectivity index (χ2v) is 6.70. The second kappa shape index (κ2) is 7.86. The predicted molar refractivity (Wildman–Crippen MR) is 99.0 cm³/mol. The van der Waals surface area contributed by atoms with Crippen LogP contribution in [0.25, 0.3) is 5.70 Å². The molecule has 0 radical (unpaired) electrons. The number of hydrogen-bond donors (Lipinski definition) is 2. The molecule has 2 heterocycles. The Kier molecular flexibility index (Phi) is 5.56. The predicted octanol–water partition coefficient (Wildman–Crippen LogP) is 1.46. The fourth-order valence-corrected chi connectivity index (χ4v) is 3.74. The number of carbonyl (C=O) groups is 2. The Morgan fingerprint density at radius 2 is 2.15 bits per heavy atom. The number of amides is 2.